The van der Waals surface area contributed by atoms with E-state index < -0.39 is 34.2 Å². The van der Waals surface area contributed by atoms with Gasteiger partial charge in [-0.15, -0.1) is 0 Å². The Morgan fingerprint density at radius 1 is 1.12 bits per heavy atom. The first kappa shape index (κ1) is 12.6. The number of halogens is 4. The largest absolute Gasteiger partial charge is 0.295 e. The van der Waals surface area contributed by atoms with E-state index in [-0.39, 0.29) is 10.0 Å². The van der Waals surface area contributed by atoms with Crippen LogP contribution in [0.5, 0.6) is 0 Å². The predicted octanol–water partition coefficient (Wildman–Crippen LogP) is 2.23. The van der Waals surface area contributed by atoms with Crippen molar-refractivity contribution < 1.29 is 18.4 Å². The molecule has 2 rings (SSSR count). The molecule has 17 heavy (non-hydrogen) atoms. The number of alkyl halides is 1. The minimum atomic E-state index is -0.987. The molecule has 1 aliphatic heterocycles. The van der Waals surface area contributed by atoms with Crippen LogP contribution in [-0.2, 0) is 9.59 Å². The first-order valence-corrected chi connectivity index (χ1v) is 6.26. The second-order valence-corrected chi connectivity index (χ2v) is 5.36. The summed E-state index contributed by atoms with van der Waals surface area (Å²) in [7, 11) is 0. The molecule has 0 aliphatic carbocycles. The van der Waals surface area contributed by atoms with Crippen molar-refractivity contribution in [1.82, 2.24) is 5.32 Å². The number of carbonyl (C=O) groups excluding carboxylic acids is 2. The van der Waals surface area contributed by atoms with Gasteiger partial charge in [0, 0.05) is 11.6 Å². The Morgan fingerprint density at radius 3 is 2.29 bits per heavy atom. The van der Waals surface area contributed by atoms with Crippen molar-refractivity contribution in [3.8, 4) is 0 Å². The summed E-state index contributed by atoms with van der Waals surface area (Å²) in [5, 5.41) is 2.08. The maximum absolute atomic E-state index is 13.6. The third-order valence-corrected chi connectivity index (χ3v) is 4.00. The van der Waals surface area contributed by atoms with E-state index in [1.165, 1.54) is 6.07 Å². The first-order chi connectivity index (χ1) is 7.91. The second kappa shape index (κ2) is 4.45. The summed E-state index contributed by atoms with van der Waals surface area (Å²) < 4.78 is 26.7. The summed E-state index contributed by atoms with van der Waals surface area (Å²) in [5.74, 6) is -3.74. The maximum atomic E-state index is 13.6. The van der Waals surface area contributed by atoms with Crippen LogP contribution in [0.25, 0.3) is 0 Å². The normalized spacial score (nSPS) is 24.0. The van der Waals surface area contributed by atoms with E-state index in [4.69, 9.17) is 0 Å². The van der Waals surface area contributed by atoms with Crippen molar-refractivity contribution in [2.45, 2.75) is 10.7 Å². The molecule has 2 unspecified atom stereocenters. The summed E-state index contributed by atoms with van der Waals surface area (Å²) in [6.07, 6.45) is 0. The zero-order valence-electron chi connectivity index (χ0n) is 8.14. The number of benzene rings is 1. The Kier molecular flexibility index (Phi) is 3.31. The number of amides is 2. The standard InChI is InChI=1S/C10H5Br2F2NO2/c11-4-1-3(5(13)2-6(4)14)7-8(12)10(17)15-9(7)16/h1-2,7-8H,(H,15,16,17). The fourth-order valence-electron chi connectivity index (χ4n) is 1.63. The quantitative estimate of drug-likeness (QED) is 0.469. The van der Waals surface area contributed by atoms with E-state index in [1.54, 1.807) is 0 Å². The van der Waals surface area contributed by atoms with Crippen LogP contribution in [0.4, 0.5) is 8.78 Å². The fourth-order valence-corrected chi connectivity index (χ4v) is 2.63. The minimum absolute atomic E-state index is 0.0245. The zero-order chi connectivity index (χ0) is 12.7. The molecule has 0 saturated carbocycles. The van der Waals surface area contributed by atoms with Gasteiger partial charge in [0.1, 0.15) is 16.5 Å². The molecule has 1 saturated heterocycles. The lowest BCUT2D eigenvalue weighted by Crippen LogP contribution is -2.22. The molecule has 0 spiro atoms. The van der Waals surface area contributed by atoms with Crippen molar-refractivity contribution in [1.29, 1.82) is 0 Å². The van der Waals surface area contributed by atoms with E-state index in [2.05, 4.69) is 37.2 Å². The highest BCUT2D eigenvalue weighted by atomic mass is 79.9. The molecule has 0 bridgehead atoms. The summed E-state index contributed by atoms with van der Waals surface area (Å²) in [4.78, 5) is 21.9. The van der Waals surface area contributed by atoms with Gasteiger partial charge < -0.3 is 0 Å². The van der Waals surface area contributed by atoms with Gasteiger partial charge in [0.05, 0.1) is 10.4 Å². The third-order valence-electron chi connectivity index (χ3n) is 2.45. The van der Waals surface area contributed by atoms with Crippen molar-refractivity contribution in [3.05, 3.63) is 33.8 Å². The Morgan fingerprint density at radius 2 is 1.76 bits per heavy atom. The van der Waals surface area contributed by atoms with E-state index >= 15 is 0 Å². The lowest BCUT2D eigenvalue weighted by atomic mass is 9.97. The summed E-state index contributed by atoms with van der Waals surface area (Å²) in [5.41, 5.74) is -0.0245. The van der Waals surface area contributed by atoms with Gasteiger partial charge in [0.2, 0.25) is 11.8 Å². The average molecular weight is 369 g/mol. The van der Waals surface area contributed by atoms with Gasteiger partial charge in [-0.3, -0.25) is 14.9 Å². The number of rotatable bonds is 1. The average Bonchev–Trinajstić information content (AvgIpc) is 2.48. The minimum Gasteiger partial charge on any atom is -0.295 e. The Bertz CT molecular complexity index is 521. The fraction of sp³-hybridized carbons (Fsp3) is 0.200. The summed E-state index contributed by atoms with van der Waals surface area (Å²) >= 11 is 5.92. The molecular weight excluding hydrogens is 364 g/mol. The van der Waals surface area contributed by atoms with Gasteiger partial charge in [0.15, 0.2) is 0 Å². The van der Waals surface area contributed by atoms with E-state index in [9.17, 15) is 18.4 Å². The maximum Gasteiger partial charge on any atom is 0.241 e. The van der Waals surface area contributed by atoms with Crippen LogP contribution in [0.1, 0.15) is 11.5 Å². The molecule has 90 valence electrons. The van der Waals surface area contributed by atoms with E-state index in [0.29, 0.717) is 6.07 Å². The van der Waals surface area contributed by atoms with E-state index in [1.807, 2.05) is 0 Å². The molecule has 1 aromatic rings. The van der Waals surface area contributed by atoms with Crippen LogP contribution in [0.15, 0.2) is 16.6 Å². The van der Waals surface area contributed by atoms with Crippen LogP contribution in [-0.4, -0.2) is 16.6 Å². The van der Waals surface area contributed by atoms with Gasteiger partial charge in [-0.1, -0.05) is 15.9 Å². The number of hydrogen-bond donors (Lipinski definition) is 1. The predicted molar refractivity (Wildman–Crippen MR) is 62.7 cm³/mol. The molecule has 2 atom stereocenters. The molecule has 0 aromatic heterocycles. The highest BCUT2D eigenvalue weighted by molar-refractivity contribution is 9.10. The Labute approximate surface area is 112 Å². The van der Waals surface area contributed by atoms with Crippen molar-refractivity contribution >= 4 is 43.7 Å². The van der Waals surface area contributed by atoms with Crippen molar-refractivity contribution in [3.63, 3.8) is 0 Å². The van der Waals surface area contributed by atoms with Gasteiger partial charge in [-0.25, -0.2) is 8.78 Å². The highest BCUT2D eigenvalue weighted by Crippen LogP contribution is 2.33. The van der Waals surface area contributed by atoms with Crippen LogP contribution >= 0.6 is 31.9 Å². The van der Waals surface area contributed by atoms with E-state index in [0.717, 1.165) is 0 Å². The Balaban J connectivity index is 2.51. The van der Waals surface area contributed by atoms with Crippen LogP contribution in [0.2, 0.25) is 0 Å². The molecular formula is C10H5Br2F2NO2. The Hall–Kier alpha value is -0.820. The second-order valence-electron chi connectivity index (χ2n) is 3.52. The number of imide groups is 1. The van der Waals surface area contributed by atoms with Crippen LogP contribution < -0.4 is 5.32 Å². The zero-order valence-corrected chi connectivity index (χ0v) is 11.3. The third kappa shape index (κ3) is 2.13. The molecule has 2 amide bonds. The first-order valence-electron chi connectivity index (χ1n) is 4.55. The van der Waals surface area contributed by atoms with Gasteiger partial charge in [-0.2, -0.15) is 0 Å². The summed E-state index contributed by atoms with van der Waals surface area (Å²) in [6, 6.07) is 1.84. The van der Waals surface area contributed by atoms with Crippen molar-refractivity contribution in [2.24, 2.45) is 0 Å². The molecule has 0 radical (unpaired) electrons. The molecule has 1 aromatic carbocycles. The number of hydrogen-bond acceptors (Lipinski definition) is 2. The smallest absolute Gasteiger partial charge is 0.241 e. The van der Waals surface area contributed by atoms with Crippen LogP contribution in [0.3, 0.4) is 0 Å². The molecule has 1 aliphatic rings. The number of carbonyl (C=O) groups is 2. The molecule has 3 nitrogen and oxygen atoms in total. The lowest BCUT2D eigenvalue weighted by molar-refractivity contribution is -0.125. The van der Waals surface area contributed by atoms with Crippen molar-refractivity contribution in [2.75, 3.05) is 0 Å². The number of nitrogens with one attached hydrogen (secondary N) is 1. The van der Waals surface area contributed by atoms with Crippen LogP contribution in [0, 0.1) is 11.6 Å². The monoisotopic (exact) mass is 367 g/mol. The molecule has 1 heterocycles. The van der Waals surface area contributed by atoms with Gasteiger partial charge in [0.25, 0.3) is 0 Å². The molecule has 1 fully saturated rings. The SMILES string of the molecule is O=C1NC(=O)C(c2cc(Br)c(F)cc2F)C1Br. The molecule has 7 heteroatoms. The highest BCUT2D eigenvalue weighted by Gasteiger charge is 2.42. The summed E-state index contributed by atoms with van der Waals surface area (Å²) in [6.45, 7) is 0. The van der Waals surface area contributed by atoms with Gasteiger partial charge in [-0.05, 0) is 22.0 Å². The molecule has 1 N–H and O–H groups in total. The van der Waals surface area contributed by atoms with Gasteiger partial charge >= 0.3 is 0 Å². The lowest BCUT2D eigenvalue weighted by Gasteiger charge is -2.12. The topological polar surface area (TPSA) is 46.2 Å².